The van der Waals surface area contributed by atoms with Crippen molar-refractivity contribution in [3.05, 3.63) is 52.8 Å². The van der Waals surface area contributed by atoms with Gasteiger partial charge < -0.3 is 14.8 Å². The van der Waals surface area contributed by atoms with Crippen molar-refractivity contribution in [1.82, 2.24) is 10.3 Å². The number of rotatable bonds is 10. The van der Waals surface area contributed by atoms with Crippen LogP contribution in [0.3, 0.4) is 0 Å². The van der Waals surface area contributed by atoms with E-state index in [0.29, 0.717) is 29.7 Å². The number of nitrogens with zero attached hydrogens (tertiary/aromatic N) is 1. The number of hydrogen-bond donors (Lipinski definition) is 1. The van der Waals surface area contributed by atoms with Crippen molar-refractivity contribution in [3.63, 3.8) is 0 Å². The molecule has 130 valence electrons. The summed E-state index contributed by atoms with van der Waals surface area (Å²) in [7, 11) is 0. The van der Waals surface area contributed by atoms with Gasteiger partial charge in [-0.2, -0.15) is 0 Å². The summed E-state index contributed by atoms with van der Waals surface area (Å²) in [6.07, 6.45) is 3.64. The molecule has 0 saturated carbocycles. The minimum atomic E-state index is 0.579. The molecule has 0 aliphatic carbocycles. The Balaban J connectivity index is 1.94. The SMILES string of the molecule is CCCOc1c(Cl)cc(CNCCc2ccccn2)cc1OCC. The lowest BCUT2D eigenvalue weighted by molar-refractivity contribution is 0.277. The first kappa shape index (κ1) is 18.6. The highest BCUT2D eigenvalue weighted by Crippen LogP contribution is 2.36. The van der Waals surface area contributed by atoms with Crippen molar-refractivity contribution in [3.8, 4) is 11.5 Å². The Labute approximate surface area is 149 Å². The van der Waals surface area contributed by atoms with Crippen LogP contribution in [0.2, 0.25) is 5.02 Å². The fourth-order valence-electron chi connectivity index (χ4n) is 2.33. The van der Waals surface area contributed by atoms with Crippen LogP contribution in [0.25, 0.3) is 0 Å². The van der Waals surface area contributed by atoms with E-state index in [1.54, 1.807) is 0 Å². The van der Waals surface area contributed by atoms with Gasteiger partial charge in [0.15, 0.2) is 11.5 Å². The lowest BCUT2D eigenvalue weighted by Gasteiger charge is -2.15. The van der Waals surface area contributed by atoms with Gasteiger partial charge in [-0.15, -0.1) is 0 Å². The van der Waals surface area contributed by atoms with Gasteiger partial charge >= 0.3 is 0 Å². The van der Waals surface area contributed by atoms with Gasteiger partial charge in [0.2, 0.25) is 0 Å². The van der Waals surface area contributed by atoms with E-state index in [1.807, 2.05) is 43.5 Å². The maximum atomic E-state index is 6.37. The molecule has 1 N–H and O–H groups in total. The summed E-state index contributed by atoms with van der Waals surface area (Å²) in [5, 5.41) is 4.01. The molecule has 0 unspecified atom stereocenters. The maximum absolute atomic E-state index is 6.37. The molecular weight excluding hydrogens is 324 g/mol. The first-order chi connectivity index (χ1) is 11.7. The predicted molar refractivity (Wildman–Crippen MR) is 98.1 cm³/mol. The van der Waals surface area contributed by atoms with Crippen LogP contribution in [0.4, 0.5) is 0 Å². The number of nitrogens with one attached hydrogen (secondary N) is 1. The summed E-state index contributed by atoms with van der Waals surface area (Å²) in [4.78, 5) is 4.32. The fourth-order valence-corrected chi connectivity index (χ4v) is 2.61. The number of ether oxygens (including phenoxy) is 2. The molecule has 0 aliphatic heterocycles. The highest BCUT2D eigenvalue weighted by Gasteiger charge is 2.12. The van der Waals surface area contributed by atoms with Gasteiger partial charge in [0.1, 0.15) is 0 Å². The molecule has 5 heteroatoms. The number of pyridine rings is 1. The van der Waals surface area contributed by atoms with E-state index in [1.165, 1.54) is 0 Å². The number of halogens is 1. The Kier molecular flexibility index (Phi) is 7.86. The van der Waals surface area contributed by atoms with E-state index < -0.39 is 0 Å². The second kappa shape index (κ2) is 10.2. The van der Waals surface area contributed by atoms with Gasteiger partial charge in [-0.3, -0.25) is 4.98 Å². The highest BCUT2D eigenvalue weighted by atomic mass is 35.5. The van der Waals surface area contributed by atoms with Crippen LogP contribution in [0.5, 0.6) is 11.5 Å². The normalized spacial score (nSPS) is 10.6. The molecule has 1 aromatic heterocycles. The molecule has 0 spiro atoms. The van der Waals surface area contributed by atoms with Crippen molar-refractivity contribution in [2.45, 2.75) is 33.2 Å². The second-order valence-electron chi connectivity index (χ2n) is 5.43. The Morgan fingerprint density at radius 3 is 2.75 bits per heavy atom. The Morgan fingerprint density at radius 1 is 1.17 bits per heavy atom. The van der Waals surface area contributed by atoms with E-state index >= 15 is 0 Å². The molecular formula is C19H25ClN2O2. The molecule has 4 nitrogen and oxygen atoms in total. The molecule has 0 fully saturated rings. The van der Waals surface area contributed by atoms with Gasteiger partial charge in [0.25, 0.3) is 0 Å². The minimum absolute atomic E-state index is 0.579. The van der Waals surface area contributed by atoms with Crippen molar-refractivity contribution < 1.29 is 9.47 Å². The Hall–Kier alpha value is -1.78. The average molecular weight is 349 g/mol. The average Bonchev–Trinajstić information content (AvgIpc) is 2.59. The standard InChI is InChI=1S/C19H25ClN2O2/c1-3-11-24-19-17(20)12-15(13-18(19)23-4-2)14-21-10-8-16-7-5-6-9-22-16/h5-7,9,12-13,21H,3-4,8,10-11,14H2,1-2H3. The summed E-state index contributed by atoms with van der Waals surface area (Å²) in [6, 6.07) is 9.89. The zero-order chi connectivity index (χ0) is 17.2. The molecule has 0 atom stereocenters. The van der Waals surface area contributed by atoms with Crippen molar-refractivity contribution in [2.75, 3.05) is 19.8 Å². The number of aromatic nitrogens is 1. The summed E-state index contributed by atoms with van der Waals surface area (Å²) in [5.41, 5.74) is 2.16. The Morgan fingerprint density at radius 2 is 2.04 bits per heavy atom. The zero-order valence-corrected chi connectivity index (χ0v) is 15.1. The largest absolute Gasteiger partial charge is 0.490 e. The number of benzene rings is 1. The number of hydrogen-bond acceptors (Lipinski definition) is 4. The van der Waals surface area contributed by atoms with Crippen LogP contribution in [0.15, 0.2) is 36.5 Å². The van der Waals surface area contributed by atoms with Crippen LogP contribution < -0.4 is 14.8 Å². The smallest absolute Gasteiger partial charge is 0.179 e. The molecule has 0 aliphatic rings. The monoisotopic (exact) mass is 348 g/mol. The lowest BCUT2D eigenvalue weighted by atomic mass is 10.2. The van der Waals surface area contributed by atoms with E-state index in [2.05, 4.69) is 17.2 Å². The van der Waals surface area contributed by atoms with Crippen molar-refractivity contribution >= 4 is 11.6 Å². The third kappa shape index (κ3) is 5.69. The van der Waals surface area contributed by atoms with E-state index in [-0.39, 0.29) is 0 Å². The fraction of sp³-hybridized carbons (Fsp3) is 0.421. The highest BCUT2D eigenvalue weighted by molar-refractivity contribution is 6.32. The third-order valence-electron chi connectivity index (χ3n) is 3.43. The van der Waals surface area contributed by atoms with Crippen LogP contribution in [0.1, 0.15) is 31.5 Å². The molecule has 2 rings (SSSR count). The molecule has 0 radical (unpaired) electrons. The third-order valence-corrected chi connectivity index (χ3v) is 3.71. The van der Waals surface area contributed by atoms with E-state index in [0.717, 1.165) is 37.2 Å². The molecule has 2 aromatic rings. The lowest BCUT2D eigenvalue weighted by Crippen LogP contribution is -2.17. The summed E-state index contributed by atoms with van der Waals surface area (Å²) in [5.74, 6) is 1.34. The molecule has 1 aromatic carbocycles. The van der Waals surface area contributed by atoms with E-state index in [9.17, 15) is 0 Å². The van der Waals surface area contributed by atoms with Crippen molar-refractivity contribution in [2.24, 2.45) is 0 Å². The molecule has 0 saturated heterocycles. The summed E-state index contributed by atoms with van der Waals surface area (Å²) >= 11 is 6.37. The molecule has 0 bridgehead atoms. The van der Waals surface area contributed by atoms with Gasteiger partial charge in [-0.25, -0.2) is 0 Å². The van der Waals surface area contributed by atoms with E-state index in [4.69, 9.17) is 21.1 Å². The van der Waals surface area contributed by atoms with Gasteiger partial charge in [-0.05, 0) is 43.2 Å². The van der Waals surface area contributed by atoms with Crippen LogP contribution in [-0.2, 0) is 13.0 Å². The first-order valence-corrected chi connectivity index (χ1v) is 8.81. The topological polar surface area (TPSA) is 43.4 Å². The van der Waals surface area contributed by atoms with Gasteiger partial charge in [-0.1, -0.05) is 24.6 Å². The molecule has 24 heavy (non-hydrogen) atoms. The Bertz CT molecular complexity index is 620. The molecule has 1 heterocycles. The van der Waals surface area contributed by atoms with Gasteiger partial charge in [0.05, 0.1) is 18.2 Å². The van der Waals surface area contributed by atoms with Crippen LogP contribution in [0, 0.1) is 0 Å². The first-order valence-electron chi connectivity index (χ1n) is 8.43. The molecule has 0 amide bonds. The zero-order valence-electron chi connectivity index (χ0n) is 14.3. The summed E-state index contributed by atoms with van der Waals surface area (Å²) in [6.45, 7) is 6.80. The van der Waals surface area contributed by atoms with Gasteiger partial charge in [0, 0.05) is 31.4 Å². The summed E-state index contributed by atoms with van der Waals surface area (Å²) < 4.78 is 11.4. The minimum Gasteiger partial charge on any atom is -0.490 e. The second-order valence-corrected chi connectivity index (χ2v) is 5.84. The predicted octanol–water partition coefficient (Wildman–Crippen LogP) is 4.25. The van der Waals surface area contributed by atoms with Crippen LogP contribution in [-0.4, -0.2) is 24.7 Å². The quantitative estimate of drug-likeness (QED) is 0.652. The maximum Gasteiger partial charge on any atom is 0.179 e. The van der Waals surface area contributed by atoms with Crippen molar-refractivity contribution in [1.29, 1.82) is 0 Å². The van der Waals surface area contributed by atoms with Crippen LogP contribution >= 0.6 is 11.6 Å².